The predicted molar refractivity (Wildman–Crippen MR) is 100 cm³/mol. The molecule has 1 heterocycles. The van der Waals surface area contributed by atoms with Crippen LogP contribution in [0.15, 0.2) is 24.3 Å². The number of anilines is 1. The van der Waals surface area contributed by atoms with E-state index in [0.717, 1.165) is 0 Å². The maximum Gasteiger partial charge on any atom is 0.0401 e. The van der Waals surface area contributed by atoms with Crippen LogP contribution in [0.4, 0.5) is 5.69 Å². The third-order valence-electron chi connectivity index (χ3n) is 4.07. The Labute approximate surface area is 138 Å². The standard InChI is InChI=1S/C18H29NS2/c1-3-5-13-19(14-6-4-2)17-11-9-16(10-12-17)18-8-7-15-20-21-18/h9-12,18H,3-8,13-15H2,1-2H3. The fourth-order valence-corrected chi connectivity index (χ4v) is 5.53. The number of rotatable bonds is 8. The van der Waals surface area contributed by atoms with Crippen LogP contribution < -0.4 is 4.90 Å². The van der Waals surface area contributed by atoms with Gasteiger partial charge in [0.1, 0.15) is 0 Å². The highest BCUT2D eigenvalue weighted by atomic mass is 33.1. The molecule has 0 amide bonds. The summed E-state index contributed by atoms with van der Waals surface area (Å²) in [6, 6.07) is 9.43. The first-order valence-electron chi connectivity index (χ1n) is 8.48. The molecular weight excluding hydrogens is 294 g/mol. The summed E-state index contributed by atoms with van der Waals surface area (Å²) in [5, 5.41) is 0.706. The maximum absolute atomic E-state index is 2.57. The summed E-state index contributed by atoms with van der Waals surface area (Å²) in [4.78, 5) is 2.57. The third kappa shape index (κ3) is 5.45. The van der Waals surface area contributed by atoms with Crippen LogP contribution in [0.3, 0.4) is 0 Å². The van der Waals surface area contributed by atoms with Crippen molar-refractivity contribution >= 4 is 27.3 Å². The zero-order valence-corrected chi connectivity index (χ0v) is 15.1. The van der Waals surface area contributed by atoms with Crippen molar-refractivity contribution in [3.63, 3.8) is 0 Å². The Bertz CT molecular complexity index is 377. The lowest BCUT2D eigenvalue weighted by Crippen LogP contribution is -2.25. The van der Waals surface area contributed by atoms with Gasteiger partial charge in [0.2, 0.25) is 0 Å². The van der Waals surface area contributed by atoms with Crippen molar-refractivity contribution in [3.05, 3.63) is 29.8 Å². The minimum Gasteiger partial charge on any atom is -0.372 e. The summed E-state index contributed by atoms with van der Waals surface area (Å²) in [5.41, 5.74) is 2.93. The Kier molecular flexibility index (Phi) is 7.87. The van der Waals surface area contributed by atoms with Crippen LogP contribution in [0.1, 0.15) is 63.2 Å². The van der Waals surface area contributed by atoms with E-state index in [1.165, 1.54) is 68.6 Å². The first-order chi connectivity index (χ1) is 10.3. The van der Waals surface area contributed by atoms with E-state index in [2.05, 4.69) is 53.8 Å². The van der Waals surface area contributed by atoms with Gasteiger partial charge in [-0.2, -0.15) is 0 Å². The fourth-order valence-electron chi connectivity index (χ4n) is 2.70. The average Bonchev–Trinajstić information content (AvgIpc) is 2.56. The van der Waals surface area contributed by atoms with E-state index in [4.69, 9.17) is 0 Å². The molecule has 118 valence electrons. The topological polar surface area (TPSA) is 3.24 Å². The van der Waals surface area contributed by atoms with Crippen LogP contribution >= 0.6 is 21.6 Å². The molecule has 21 heavy (non-hydrogen) atoms. The first-order valence-corrected chi connectivity index (χ1v) is 10.9. The monoisotopic (exact) mass is 323 g/mol. The molecule has 0 aromatic heterocycles. The molecule has 0 radical (unpaired) electrons. The molecule has 2 rings (SSSR count). The molecule has 1 saturated heterocycles. The van der Waals surface area contributed by atoms with Crippen molar-refractivity contribution in [2.45, 2.75) is 57.6 Å². The van der Waals surface area contributed by atoms with Gasteiger partial charge in [-0.1, -0.05) is 60.4 Å². The summed E-state index contributed by atoms with van der Waals surface area (Å²) >= 11 is 0. The van der Waals surface area contributed by atoms with E-state index in [-0.39, 0.29) is 0 Å². The number of hydrogen-bond donors (Lipinski definition) is 0. The number of nitrogens with zero attached hydrogens (tertiary/aromatic N) is 1. The molecule has 1 unspecified atom stereocenters. The van der Waals surface area contributed by atoms with Gasteiger partial charge in [-0.25, -0.2) is 0 Å². The van der Waals surface area contributed by atoms with E-state index in [0.29, 0.717) is 5.25 Å². The van der Waals surface area contributed by atoms with Crippen LogP contribution in [0.5, 0.6) is 0 Å². The van der Waals surface area contributed by atoms with Crippen molar-refractivity contribution in [1.29, 1.82) is 0 Å². The second-order valence-corrected chi connectivity index (χ2v) is 8.52. The Morgan fingerprint density at radius 1 is 1.05 bits per heavy atom. The highest BCUT2D eigenvalue weighted by Gasteiger charge is 2.17. The summed E-state index contributed by atoms with van der Waals surface area (Å²) < 4.78 is 0. The van der Waals surface area contributed by atoms with E-state index in [1.54, 1.807) is 0 Å². The molecule has 1 atom stereocenters. The Morgan fingerprint density at radius 3 is 2.24 bits per heavy atom. The summed E-state index contributed by atoms with van der Waals surface area (Å²) in [7, 11) is 4.10. The largest absolute Gasteiger partial charge is 0.372 e. The van der Waals surface area contributed by atoms with Gasteiger partial charge >= 0.3 is 0 Å². The second-order valence-electron chi connectivity index (χ2n) is 5.83. The molecule has 0 spiro atoms. The molecule has 0 bridgehead atoms. The van der Waals surface area contributed by atoms with Gasteiger partial charge in [0.25, 0.3) is 0 Å². The highest BCUT2D eigenvalue weighted by molar-refractivity contribution is 8.76. The minimum absolute atomic E-state index is 0.706. The van der Waals surface area contributed by atoms with E-state index < -0.39 is 0 Å². The van der Waals surface area contributed by atoms with Crippen molar-refractivity contribution in [2.75, 3.05) is 23.7 Å². The molecule has 1 aromatic carbocycles. The molecule has 0 aliphatic carbocycles. The van der Waals surface area contributed by atoms with Crippen LogP contribution in [0.25, 0.3) is 0 Å². The van der Waals surface area contributed by atoms with Gasteiger partial charge in [0, 0.05) is 29.8 Å². The van der Waals surface area contributed by atoms with Gasteiger partial charge in [-0.3, -0.25) is 0 Å². The third-order valence-corrected chi connectivity index (χ3v) is 7.01. The van der Waals surface area contributed by atoms with E-state index in [1.807, 2.05) is 10.8 Å². The molecular formula is C18H29NS2. The molecule has 0 saturated carbocycles. The fraction of sp³-hybridized carbons (Fsp3) is 0.667. The van der Waals surface area contributed by atoms with Crippen molar-refractivity contribution in [1.82, 2.24) is 0 Å². The van der Waals surface area contributed by atoms with Gasteiger partial charge in [-0.05, 0) is 43.4 Å². The average molecular weight is 324 g/mol. The van der Waals surface area contributed by atoms with Crippen molar-refractivity contribution in [2.24, 2.45) is 0 Å². The molecule has 3 heteroatoms. The molecule has 1 aliphatic rings. The van der Waals surface area contributed by atoms with Gasteiger partial charge < -0.3 is 4.90 Å². The van der Waals surface area contributed by atoms with Crippen molar-refractivity contribution in [3.8, 4) is 0 Å². The van der Waals surface area contributed by atoms with Crippen LogP contribution in [0, 0.1) is 0 Å². The van der Waals surface area contributed by atoms with Crippen molar-refractivity contribution < 1.29 is 0 Å². The number of unbranched alkanes of at least 4 members (excludes halogenated alkanes) is 2. The molecule has 1 aliphatic heterocycles. The normalized spacial score (nSPS) is 18.7. The summed E-state index contributed by atoms with van der Waals surface area (Å²) in [5.74, 6) is 1.32. The lowest BCUT2D eigenvalue weighted by molar-refractivity contribution is 0.678. The zero-order valence-electron chi connectivity index (χ0n) is 13.5. The second kappa shape index (κ2) is 9.68. The van der Waals surface area contributed by atoms with Gasteiger partial charge in [0.15, 0.2) is 0 Å². The quantitative estimate of drug-likeness (QED) is 0.516. The Balaban J connectivity index is 1.99. The predicted octanol–water partition coefficient (Wildman–Crippen LogP) is 6.31. The lowest BCUT2D eigenvalue weighted by atomic mass is 10.1. The summed E-state index contributed by atoms with van der Waals surface area (Å²) in [6.45, 7) is 6.95. The molecule has 0 N–H and O–H groups in total. The lowest BCUT2D eigenvalue weighted by Gasteiger charge is -2.26. The maximum atomic E-state index is 2.57. The van der Waals surface area contributed by atoms with Gasteiger partial charge in [0.05, 0.1) is 0 Å². The molecule has 1 fully saturated rings. The first kappa shape index (κ1) is 17.1. The minimum atomic E-state index is 0.706. The highest BCUT2D eigenvalue weighted by Crippen LogP contribution is 2.45. The Hall–Kier alpha value is -0.280. The summed E-state index contributed by atoms with van der Waals surface area (Å²) in [6.07, 6.45) is 7.84. The number of hydrogen-bond acceptors (Lipinski definition) is 3. The molecule has 1 nitrogen and oxygen atoms in total. The SMILES string of the molecule is CCCCN(CCCC)c1ccc(C2CCCSS2)cc1. The zero-order chi connectivity index (χ0) is 14.9. The van der Waals surface area contributed by atoms with Gasteiger partial charge in [-0.15, -0.1) is 0 Å². The van der Waals surface area contributed by atoms with Crippen LogP contribution in [-0.2, 0) is 0 Å². The number of benzene rings is 1. The molecule has 1 aromatic rings. The van der Waals surface area contributed by atoms with E-state index in [9.17, 15) is 0 Å². The van der Waals surface area contributed by atoms with Crippen LogP contribution in [0.2, 0.25) is 0 Å². The smallest absolute Gasteiger partial charge is 0.0401 e. The Morgan fingerprint density at radius 2 is 1.71 bits per heavy atom. The van der Waals surface area contributed by atoms with E-state index >= 15 is 0 Å². The van der Waals surface area contributed by atoms with Crippen LogP contribution in [-0.4, -0.2) is 18.8 Å².